The van der Waals surface area contributed by atoms with Crippen LogP contribution in [-0.4, -0.2) is 34.0 Å². The summed E-state index contributed by atoms with van der Waals surface area (Å²) in [5.41, 5.74) is 1.39. The molecule has 0 bridgehead atoms. The van der Waals surface area contributed by atoms with Gasteiger partial charge in [0, 0.05) is 10.6 Å². The Morgan fingerprint density at radius 1 is 1.23 bits per heavy atom. The lowest BCUT2D eigenvalue weighted by atomic mass is 10.2. The van der Waals surface area contributed by atoms with E-state index in [0.29, 0.717) is 26.7 Å². The van der Waals surface area contributed by atoms with Crippen molar-refractivity contribution in [3.05, 3.63) is 52.5 Å². The van der Waals surface area contributed by atoms with Gasteiger partial charge in [0.25, 0.3) is 0 Å². The van der Waals surface area contributed by atoms with Crippen molar-refractivity contribution >= 4 is 46.6 Å². The number of hydrogen-bond acceptors (Lipinski definition) is 5. The maximum absolute atomic E-state index is 12.1. The number of aromatic nitrogens is 3. The van der Waals surface area contributed by atoms with E-state index in [1.807, 2.05) is 24.3 Å². The van der Waals surface area contributed by atoms with Crippen molar-refractivity contribution in [3.63, 3.8) is 0 Å². The Morgan fingerprint density at radius 3 is 2.69 bits per heavy atom. The van der Waals surface area contributed by atoms with Crippen molar-refractivity contribution in [2.75, 3.05) is 18.2 Å². The van der Waals surface area contributed by atoms with Crippen LogP contribution >= 0.6 is 35.0 Å². The highest BCUT2D eigenvalue weighted by molar-refractivity contribution is 7.99. The summed E-state index contributed by atoms with van der Waals surface area (Å²) in [5, 5.41) is 11.1. The van der Waals surface area contributed by atoms with Gasteiger partial charge in [0.2, 0.25) is 11.1 Å². The fraction of sp³-hybridized carbons (Fsp3) is 0.118. The molecule has 0 atom stereocenters. The van der Waals surface area contributed by atoms with Crippen LogP contribution in [0, 0.1) is 0 Å². The number of nitrogens with zero attached hydrogens (tertiary/aromatic N) is 2. The normalized spacial score (nSPS) is 10.6. The zero-order valence-corrected chi connectivity index (χ0v) is 16.0. The van der Waals surface area contributed by atoms with Crippen molar-refractivity contribution < 1.29 is 9.53 Å². The van der Waals surface area contributed by atoms with Crippen LogP contribution in [0.3, 0.4) is 0 Å². The summed E-state index contributed by atoms with van der Waals surface area (Å²) in [6, 6.07) is 12.3. The zero-order chi connectivity index (χ0) is 18.5. The van der Waals surface area contributed by atoms with E-state index in [-0.39, 0.29) is 11.7 Å². The standard InChI is InChI=1S/C17H14Cl2N4O2S/c1-25-12-5-2-10(3-6-12)16-21-17(23-22-16)26-9-15(24)20-14-7-4-11(18)8-13(14)19/h2-8H,9H2,1H3,(H,20,24)(H,21,22,23). The number of ether oxygens (including phenoxy) is 1. The third kappa shape index (κ3) is 4.69. The van der Waals surface area contributed by atoms with Gasteiger partial charge in [0.15, 0.2) is 5.82 Å². The van der Waals surface area contributed by atoms with Crippen LogP contribution in [0.4, 0.5) is 5.69 Å². The number of anilines is 1. The number of rotatable bonds is 6. The van der Waals surface area contributed by atoms with Gasteiger partial charge in [0.1, 0.15) is 5.75 Å². The second-order valence-corrected chi connectivity index (χ2v) is 6.94. The predicted molar refractivity (Wildman–Crippen MR) is 104 cm³/mol. The molecule has 26 heavy (non-hydrogen) atoms. The molecular formula is C17H14Cl2N4O2S. The molecule has 0 fully saturated rings. The van der Waals surface area contributed by atoms with Crippen LogP contribution in [0.15, 0.2) is 47.6 Å². The lowest BCUT2D eigenvalue weighted by Gasteiger charge is -2.06. The van der Waals surface area contributed by atoms with E-state index < -0.39 is 0 Å². The SMILES string of the molecule is COc1ccc(-c2nc(SCC(=O)Nc3ccc(Cl)cc3Cl)n[nH]2)cc1. The number of thioether (sulfide) groups is 1. The zero-order valence-electron chi connectivity index (χ0n) is 13.6. The second-order valence-electron chi connectivity index (χ2n) is 5.16. The Bertz CT molecular complexity index is 915. The van der Waals surface area contributed by atoms with Crippen LogP contribution in [0.5, 0.6) is 5.75 Å². The van der Waals surface area contributed by atoms with E-state index in [2.05, 4.69) is 20.5 Å². The Morgan fingerprint density at radius 2 is 2.00 bits per heavy atom. The molecule has 1 amide bonds. The maximum Gasteiger partial charge on any atom is 0.234 e. The van der Waals surface area contributed by atoms with Crippen LogP contribution in [-0.2, 0) is 4.79 Å². The molecule has 0 aliphatic heterocycles. The molecule has 2 N–H and O–H groups in total. The summed E-state index contributed by atoms with van der Waals surface area (Å²) in [6.07, 6.45) is 0. The summed E-state index contributed by atoms with van der Waals surface area (Å²) in [6.45, 7) is 0. The Kier molecular flexibility index (Phi) is 6.03. The van der Waals surface area contributed by atoms with Gasteiger partial charge in [-0.05, 0) is 42.5 Å². The monoisotopic (exact) mass is 408 g/mol. The number of aromatic amines is 1. The van der Waals surface area contributed by atoms with Crippen molar-refractivity contribution in [3.8, 4) is 17.1 Å². The minimum absolute atomic E-state index is 0.152. The number of methoxy groups -OCH3 is 1. The number of amides is 1. The molecule has 0 saturated heterocycles. The number of benzene rings is 2. The smallest absolute Gasteiger partial charge is 0.234 e. The molecular weight excluding hydrogens is 395 g/mol. The molecule has 0 unspecified atom stereocenters. The van der Waals surface area contributed by atoms with Gasteiger partial charge in [-0.1, -0.05) is 35.0 Å². The first-order chi connectivity index (χ1) is 12.5. The second kappa shape index (κ2) is 8.44. The summed E-state index contributed by atoms with van der Waals surface area (Å²) in [7, 11) is 1.61. The highest BCUT2D eigenvalue weighted by Gasteiger charge is 2.11. The van der Waals surface area contributed by atoms with E-state index in [1.165, 1.54) is 11.8 Å². The molecule has 0 spiro atoms. The van der Waals surface area contributed by atoms with E-state index >= 15 is 0 Å². The van der Waals surface area contributed by atoms with Gasteiger partial charge in [-0.25, -0.2) is 4.98 Å². The lowest BCUT2D eigenvalue weighted by molar-refractivity contribution is -0.113. The molecule has 0 saturated carbocycles. The Labute approximate surface area is 164 Å². The average molecular weight is 409 g/mol. The van der Waals surface area contributed by atoms with Crippen molar-refractivity contribution in [2.24, 2.45) is 0 Å². The third-order valence-electron chi connectivity index (χ3n) is 3.37. The lowest BCUT2D eigenvalue weighted by Crippen LogP contribution is -2.14. The van der Waals surface area contributed by atoms with E-state index in [9.17, 15) is 4.79 Å². The van der Waals surface area contributed by atoms with Crippen LogP contribution < -0.4 is 10.1 Å². The number of nitrogens with one attached hydrogen (secondary N) is 2. The largest absolute Gasteiger partial charge is 0.497 e. The molecule has 2 aromatic carbocycles. The van der Waals surface area contributed by atoms with Crippen molar-refractivity contribution in [2.45, 2.75) is 5.16 Å². The summed E-state index contributed by atoms with van der Waals surface area (Å²) >= 11 is 13.1. The molecule has 3 rings (SSSR count). The summed E-state index contributed by atoms with van der Waals surface area (Å²) in [4.78, 5) is 16.4. The molecule has 3 aromatic rings. The van der Waals surface area contributed by atoms with Gasteiger partial charge in [0.05, 0.1) is 23.6 Å². The first kappa shape index (κ1) is 18.6. The van der Waals surface area contributed by atoms with Gasteiger partial charge < -0.3 is 10.1 Å². The molecule has 0 aliphatic carbocycles. The van der Waals surface area contributed by atoms with Gasteiger partial charge in [-0.15, -0.1) is 5.10 Å². The van der Waals surface area contributed by atoms with Crippen molar-refractivity contribution in [1.82, 2.24) is 15.2 Å². The van der Waals surface area contributed by atoms with Gasteiger partial charge in [-0.2, -0.15) is 0 Å². The maximum atomic E-state index is 12.1. The number of carbonyl (C=O) groups excluding carboxylic acids is 1. The number of hydrogen-bond donors (Lipinski definition) is 2. The van der Waals surface area contributed by atoms with Crippen LogP contribution in [0.2, 0.25) is 10.0 Å². The molecule has 6 nitrogen and oxygen atoms in total. The van der Waals surface area contributed by atoms with Gasteiger partial charge >= 0.3 is 0 Å². The minimum Gasteiger partial charge on any atom is -0.497 e. The van der Waals surface area contributed by atoms with Crippen LogP contribution in [0.25, 0.3) is 11.4 Å². The Balaban J connectivity index is 1.58. The molecule has 9 heteroatoms. The van der Waals surface area contributed by atoms with E-state index in [0.717, 1.165) is 11.3 Å². The quantitative estimate of drug-likeness (QED) is 0.586. The number of halogens is 2. The third-order valence-corrected chi connectivity index (χ3v) is 4.76. The topological polar surface area (TPSA) is 79.9 Å². The van der Waals surface area contributed by atoms with Gasteiger partial charge in [-0.3, -0.25) is 9.89 Å². The average Bonchev–Trinajstić information content (AvgIpc) is 3.11. The van der Waals surface area contributed by atoms with Crippen molar-refractivity contribution in [1.29, 1.82) is 0 Å². The van der Waals surface area contributed by atoms with E-state index in [1.54, 1.807) is 25.3 Å². The minimum atomic E-state index is -0.213. The van der Waals surface area contributed by atoms with E-state index in [4.69, 9.17) is 27.9 Å². The molecule has 1 heterocycles. The number of H-pyrrole nitrogens is 1. The molecule has 0 aliphatic rings. The first-order valence-electron chi connectivity index (χ1n) is 7.49. The molecule has 134 valence electrons. The highest BCUT2D eigenvalue weighted by Crippen LogP contribution is 2.26. The molecule has 0 radical (unpaired) electrons. The molecule has 1 aromatic heterocycles. The van der Waals surface area contributed by atoms with Crippen LogP contribution in [0.1, 0.15) is 0 Å². The highest BCUT2D eigenvalue weighted by atomic mass is 35.5. The summed E-state index contributed by atoms with van der Waals surface area (Å²) in [5.74, 6) is 1.32. The Hall–Kier alpha value is -2.22. The fourth-order valence-electron chi connectivity index (χ4n) is 2.10. The predicted octanol–water partition coefficient (Wildman–Crippen LogP) is 4.52. The fourth-order valence-corrected chi connectivity index (χ4v) is 3.15. The summed E-state index contributed by atoms with van der Waals surface area (Å²) < 4.78 is 5.13. The first-order valence-corrected chi connectivity index (χ1v) is 9.24. The number of carbonyl (C=O) groups is 1.